The van der Waals surface area contributed by atoms with Crippen molar-refractivity contribution in [1.29, 1.82) is 0 Å². The summed E-state index contributed by atoms with van der Waals surface area (Å²) >= 11 is 0. The topological polar surface area (TPSA) is 18.5 Å². The van der Waals surface area contributed by atoms with Gasteiger partial charge in [0.25, 0.3) is 8.32 Å². The second kappa shape index (κ2) is 12.0. The minimum atomic E-state index is -2.50. The van der Waals surface area contributed by atoms with Crippen molar-refractivity contribution in [3.63, 3.8) is 0 Å². The van der Waals surface area contributed by atoms with Gasteiger partial charge in [0.2, 0.25) is 0 Å². The molecule has 0 aliphatic rings. The second-order valence-corrected chi connectivity index (χ2v) is 21.5. The van der Waals surface area contributed by atoms with E-state index in [4.69, 9.17) is 8.85 Å². The number of rotatable bonds is 10. The van der Waals surface area contributed by atoms with E-state index < -0.39 is 16.6 Å². The normalized spacial score (nSPS) is 15.0. The molecule has 1 atom stereocenters. The zero-order chi connectivity index (χ0) is 26.3. The van der Waals surface area contributed by atoms with Crippen LogP contribution in [0.15, 0.2) is 84.5 Å². The van der Waals surface area contributed by atoms with Crippen LogP contribution < -0.4 is 10.4 Å². The van der Waals surface area contributed by atoms with Gasteiger partial charge in [0.15, 0.2) is 8.32 Å². The van der Waals surface area contributed by atoms with Gasteiger partial charge in [-0.05, 0) is 46.4 Å². The third kappa shape index (κ3) is 7.63. The van der Waals surface area contributed by atoms with E-state index in [1.165, 1.54) is 15.9 Å². The molecule has 2 rings (SSSR count). The molecule has 35 heavy (non-hydrogen) atoms. The highest BCUT2D eigenvalue weighted by molar-refractivity contribution is 6.99. The average molecular weight is 509 g/mol. The first-order valence-electron chi connectivity index (χ1n) is 12.9. The summed E-state index contributed by atoms with van der Waals surface area (Å²) in [6.45, 7) is 24.2. The van der Waals surface area contributed by atoms with E-state index in [0.29, 0.717) is 19.1 Å². The average Bonchev–Trinajstić information content (AvgIpc) is 2.77. The summed E-state index contributed by atoms with van der Waals surface area (Å²) < 4.78 is 13.4. The minimum absolute atomic E-state index is 0.00479. The van der Waals surface area contributed by atoms with Crippen LogP contribution in [0.2, 0.25) is 23.2 Å². The second-order valence-electron chi connectivity index (χ2n) is 12.3. The standard InChI is InChI=1S/C31H48O2Si2/c1-26(18-17-23-32-34(9,10)30(3,4)5)24-27(2)25-33-35(31(6,7)8,28-19-13-11-14-20-28)29-21-15-12-16-22-29/h11-22,24,27H,23,25H2,1-10H3/b18-17+,26-24-/t27-/m0/s1. The van der Waals surface area contributed by atoms with Gasteiger partial charge >= 0.3 is 0 Å². The molecule has 0 heterocycles. The smallest absolute Gasteiger partial charge is 0.261 e. The van der Waals surface area contributed by atoms with Gasteiger partial charge in [0.1, 0.15) is 0 Å². The van der Waals surface area contributed by atoms with Crippen LogP contribution >= 0.6 is 0 Å². The lowest BCUT2D eigenvalue weighted by atomic mass is 10.1. The monoisotopic (exact) mass is 508 g/mol. The van der Waals surface area contributed by atoms with Crippen LogP contribution in [0, 0.1) is 5.92 Å². The molecule has 0 bridgehead atoms. The highest BCUT2D eigenvalue weighted by Gasteiger charge is 2.50. The van der Waals surface area contributed by atoms with Gasteiger partial charge in [-0.25, -0.2) is 0 Å². The van der Waals surface area contributed by atoms with Crippen LogP contribution in [-0.4, -0.2) is 29.8 Å². The third-order valence-electron chi connectivity index (χ3n) is 7.25. The van der Waals surface area contributed by atoms with Crippen LogP contribution in [0.1, 0.15) is 55.4 Å². The van der Waals surface area contributed by atoms with Crippen LogP contribution in [0.5, 0.6) is 0 Å². The van der Waals surface area contributed by atoms with E-state index in [1.807, 2.05) is 0 Å². The van der Waals surface area contributed by atoms with Crippen molar-refractivity contribution in [1.82, 2.24) is 0 Å². The lowest BCUT2D eigenvalue weighted by Crippen LogP contribution is -2.66. The van der Waals surface area contributed by atoms with E-state index in [2.05, 4.69) is 147 Å². The summed E-state index contributed by atoms with van der Waals surface area (Å²) in [6.07, 6.45) is 6.66. The molecule has 0 aliphatic heterocycles. The van der Waals surface area contributed by atoms with Gasteiger partial charge in [-0.1, -0.05) is 133 Å². The predicted molar refractivity (Wildman–Crippen MR) is 159 cm³/mol. The van der Waals surface area contributed by atoms with E-state index in [1.54, 1.807) is 0 Å². The molecule has 0 aliphatic carbocycles. The van der Waals surface area contributed by atoms with Crippen molar-refractivity contribution in [2.75, 3.05) is 13.2 Å². The molecular formula is C31H48O2Si2. The summed E-state index contributed by atoms with van der Waals surface area (Å²) in [7, 11) is -4.21. The molecular weight excluding hydrogens is 461 g/mol. The Labute approximate surface area is 217 Å². The summed E-state index contributed by atoms with van der Waals surface area (Å²) in [5.74, 6) is 0.308. The molecule has 2 aromatic rings. The number of allylic oxidation sites excluding steroid dienone is 2. The predicted octanol–water partition coefficient (Wildman–Crippen LogP) is 7.72. The molecule has 2 aromatic carbocycles. The number of hydrogen-bond acceptors (Lipinski definition) is 2. The van der Waals surface area contributed by atoms with Crippen LogP contribution in [0.3, 0.4) is 0 Å². The summed E-state index contributed by atoms with van der Waals surface area (Å²) in [5.41, 5.74) is 1.25. The first-order chi connectivity index (χ1) is 16.2. The molecule has 192 valence electrons. The number of benzene rings is 2. The maximum atomic E-state index is 7.09. The zero-order valence-electron chi connectivity index (χ0n) is 23.8. The summed E-state index contributed by atoms with van der Waals surface area (Å²) in [5, 5.41) is 2.89. The first kappa shape index (κ1) is 29.5. The van der Waals surface area contributed by atoms with Gasteiger partial charge in [-0.3, -0.25) is 0 Å². The Morgan fingerprint density at radius 1 is 0.800 bits per heavy atom. The maximum Gasteiger partial charge on any atom is 0.261 e. The van der Waals surface area contributed by atoms with Crippen molar-refractivity contribution < 1.29 is 8.85 Å². The molecule has 0 fully saturated rings. The van der Waals surface area contributed by atoms with Gasteiger partial charge in [-0.15, -0.1) is 0 Å². The van der Waals surface area contributed by atoms with Gasteiger partial charge in [0, 0.05) is 6.61 Å². The Balaban J connectivity index is 2.19. The van der Waals surface area contributed by atoms with Crippen molar-refractivity contribution >= 4 is 27.0 Å². The van der Waals surface area contributed by atoms with Crippen molar-refractivity contribution in [2.45, 2.75) is 78.6 Å². The third-order valence-corrected chi connectivity index (χ3v) is 16.8. The highest BCUT2D eigenvalue weighted by Crippen LogP contribution is 2.37. The molecule has 0 saturated heterocycles. The molecule has 0 N–H and O–H groups in total. The van der Waals surface area contributed by atoms with Gasteiger partial charge in [0.05, 0.1) is 6.61 Å². The SMILES string of the molecule is CC(=C/[C@H](C)CO[Si](c1ccccc1)(c1ccccc1)C(C)(C)C)/C=C/CO[Si](C)(C)C(C)(C)C. The molecule has 0 saturated carbocycles. The molecule has 0 radical (unpaired) electrons. The highest BCUT2D eigenvalue weighted by atomic mass is 28.4. The van der Waals surface area contributed by atoms with Crippen molar-refractivity contribution in [3.05, 3.63) is 84.5 Å². The summed E-state index contributed by atoms with van der Waals surface area (Å²) in [6, 6.07) is 21.7. The zero-order valence-corrected chi connectivity index (χ0v) is 25.8. The van der Waals surface area contributed by atoms with Crippen LogP contribution in [-0.2, 0) is 8.85 Å². The number of hydrogen-bond donors (Lipinski definition) is 0. The van der Waals surface area contributed by atoms with E-state index in [0.717, 1.165) is 0 Å². The van der Waals surface area contributed by atoms with E-state index >= 15 is 0 Å². The first-order valence-corrected chi connectivity index (χ1v) is 17.8. The van der Waals surface area contributed by atoms with Crippen LogP contribution in [0.25, 0.3) is 0 Å². The van der Waals surface area contributed by atoms with Gasteiger partial charge in [-0.2, -0.15) is 0 Å². The Bertz CT molecular complexity index is 925. The Hall–Kier alpha value is -1.73. The Kier molecular flexibility index (Phi) is 10.1. The largest absolute Gasteiger partial charge is 0.413 e. The fraction of sp³-hybridized carbons (Fsp3) is 0.484. The molecule has 0 amide bonds. The fourth-order valence-electron chi connectivity index (χ4n) is 4.28. The minimum Gasteiger partial charge on any atom is -0.413 e. The molecule has 0 aromatic heterocycles. The lowest BCUT2D eigenvalue weighted by Gasteiger charge is -2.43. The Morgan fingerprint density at radius 2 is 1.29 bits per heavy atom. The van der Waals surface area contributed by atoms with Crippen LogP contribution in [0.4, 0.5) is 0 Å². The van der Waals surface area contributed by atoms with Crippen molar-refractivity contribution in [3.8, 4) is 0 Å². The molecule has 4 heteroatoms. The Morgan fingerprint density at radius 3 is 1.71 bits per heavy atom. The van der Waals surface area contributed by atoms with Crippen molar-refractivity contribution in [2.24, 2.45) is 5.92 Å². The van der Waals surface area contributed by atoms with E-state index in [-0.39, 0.29) is 10.1 Å². The molecule has 0 unspecified atom stereocenters. The molecule has 0 spiro atoms. The maximum absolute atomic E-state index is 7.09. The lowest BCUT2D eigenvalue weighted by molar-refractivity contribution is 0.267. The summed E-state index contributed by atoms with van der Waals surface area (Å²) in [4.78, 5) is 0. The van der Waals surface area contributed by atoms with Gasteiger partial charge < -0.3 is 8.85 Å². The van der Waals surface area contributed by atoms with E-state index in [9.17, 15) is 0 Å². The molecule has 2 nitrogen and oxygen atoms in total. The fourth-order valence-corrected chi connectivity index (χ4v) is 9.89. The quantitative estimate of drug-likeness (QED) is 0.241.